The first-order chi connectivity index (χ1) is 4.46. The molecule has 0 aliphatic heterocycles. The van der Waals surface area contributed by atoms with Gasteiger partial charge in [0.05, 0.1) is 0 Å². The van der Waals surface area contributed by atoms with E-state index in [2.05, 4.69) is 15.9 Å². The van der Waals surface area contributed by atoms with Crippen molar-refractivity contribution >= 4 is 15.9 Å². The molecule has 1 aliphatic rings. The normalized spacial score (nSPS) is 25.2. The largest absolute Gasteiger partial charge is 0.383 e. The van der Waals surface area contributed by atoms with Gasteiger partial charge >= 0.3 is 4.83 Å². The summed E-state index contributed by atoms with van der Waals surface area (Å²) in [5.41, 5.74) is -1.78. The maximum absolute atomic E-state index is 12.5. The second kappa shape index (κ2) is 2.41. The fourth-order valence-electron chi connectivity index (χ4n) is 1.24. The molecule has 0 aromatic heterocycles. The second-order valence-corrected chi connectivity index (χ2v) is 3.73. The summed E-state index contributed by atoms with van der Waals surface area (Å²) in [6, 6.07) is 0. The van der Waals surface area contributed by atoms with E-state index in [1.165, 1.54) is 0 Å². The molecular formula is C6H9BrF2O. The number of alkyl halides is 3. The summed E-state index contributed by atoms with van der Waals surface area (Å²) >= 11 is 2.18. The summed E-state index contributed by atoms with van der Waals surface area (Å²) in [7, 11) is 0. The Morgan fingerprint density at radius 1 is 1.30 bits per heavy atom. The molecule has 0 spiro atoms. The van der Waals surface area contributed by atoms with Crippen LogP contribution in [0, 0.1) is 0 Å². The van der Waals surface area contributed by atoms with Gasteiger partial charge in [-0.05, 0) is 28.8 Å². The van der Waals surface area contributed by atoms with Gasteiger partial charge in [0.15, 0.2) is 0 Å². The van der Waals surface area contributed by atoms with Gasteiger partial charge < -0.3 is 5.11 Å². The van der Waals surface area contributed by atoms with Crippen molar-refractivity contribution in [2.75, 3.05) is 0 Å². The lowest BCUT2D eigenvalue weighted by atomic mass is 10.0. The van der Waals surface area contributed by atoms with Gasteiger partial charge in [0.25, 0.3) is 0 Å². The van der Waals surface area contributed by atoms with Crippen LogP contribution in [-0.2, 0) is 0 Å². The third-order valence-electron chi connectivity index (χ3n) is 1.96. The first kappa shape index (κ1) is 8.40. The van der Waals surface area contributed by atoms with Crippen LogP contribution >= 0.6 is 15.9 Å². The Morgan fingerprint density at radius 2 is 1.70 bits per heavy atom. The standard InChI is InChI=1S/C6H9BrF2O/c7-6(8,9)5(10)3-1-2-4-5/h10H,1-4H2. The Morgan fingerprint density at radius 3 is 1.90 bits per heavy atom. The molecule has 0 bridgehead atoms. The zero-order valence-electron chi connectivity index (χ0n) is 5.41. The van der Waals surface area contributed by atoms with Crippen LogP contribution in [0.5, 0.6) is 0 Å². The van der Waals surface area contributed by atoms with Crippen LogP contribution < -0.4 is 0 Å². The molecule has 0 saturated heterocycles. The van der Waals surface area contributed by atoms with Crippen LogP contribution in [0.3, 0.4) is 0 Å². The van der Waals surface area contributed by atoms with Gasteiger partial charge in [-0.1, -0.05) is 12.8 Å². The molecule has 0 unspecified atom stereocenters. The summed E-state index contributed by atoms with van der Waals surface area (Å²) in [5, 5.41) is 9.23. The lowest BCUT2D eigenvalue weighted by Gasteiger charge is -2.26. The molecule has 1 aliphatic carbocycles. The highest BCUT2D eigenvalue weighted by atomic mass is 79.9. The summed E-state index contributed by atoms with van der Waals surface area (Å²) < 4.78 is 25.0. The molecule has 1 saturated carbocycles. The Kier molecular flexibility index (Phi) is 2.02. The van der Waals surface area contributed by atoms with E-state index in [0.29, 0.717) is 12.8 Å². The van der Waals surface area contributed by atoms with Gasteiger partial charge in [-0.2, -0.15) is 8.78 Å². The highest BCUT2D eigenvalue weighted by molar-refractivity contribution is 9.10. The van der Waals surface area contributed by atoms with E-state index in [9.17, 15) is 13.9 Å². The van der Waals surface area contributed by atoms with Crippen LogP contribution in [-0.4, -0.2) is 15.5 Å². The molecule has 10 heavy (non-hydrogen) atoms. The molecule has 1 nitrogen and oxygen atoms in total. The Bertz CT molecular complexity index is 126. The van der Waals surface area contributed by atoms with Gasteiger partial charge in [-0.25, -0.2) is 0 Å². The summed E-state index contributed by atoms with van der Waals surface area (Å²) in [5.74, 6) is 0. The first-order valence-corrected chi connectivity index (χ1v) is 4.04. The SMILES string of the molecule is OC1(C(F)(F)Br)CCCC1. The monoisotopic (exact) mass is 214 g/mol. The van der Waals surface area contributed by atoms with E-state index in [1.807, 2.05) is 0 Å². The Hall–Kier alpha value is 0.300. The molecule has 0 heterocycles. The molecule has 0 aromatic rings. The third-order valence-corrected chi connectivity index (χ3v) is 2.70. The van der Waals surface area contributed by atoms with E-state index in [0.717, 1.165) is 0 Å². The molecule has 0 atom stereocenters. The van der Waals surface area contributed by atoms with E-state index in [1.54, 1.807) is 0 Å². The average molecular weight is 215 g/mol. The lowest BCUT2D eigenvalue weighted by Crippen LogP contribution is -2.40. The van der Waals surface area contributed by atoms with Crippen molar-refractivity contribution in [2.45, 2.75) is 36.1 Å². The van der Waals surface area contributed by atoms with Crippen molar-refractivity contribution < 1.29 is 13.9 Å². The van der Waals surface area contributed by atoms with E-state index in [-0.39, 0.29) is 12.8 Å². The first-order valence-electron chi connectivity index (χ1n) is 3.25. The average Bonchev–Trinajstić information content (AvgIpc) is 2.13. The predicted octanol–water partition coefficient (Wildman–Crippen LogP) is 2.28. The molecule has 0 aromatic carbocycles. The summed E-state index contributed by atoms with van der Waals surface area (Å²) in [6.45, 7) is 0. The molecule has 4 heteroatoms. The number of aliphatic hydroxyl groups is 1. The van der Waals surface area contributed by atoms with Crippen molar-refractivity contribution in [2.24, 2.45) is 0 Å². The predicted molar refractivity (Wildman–Crippen MR) is 37.3 cm³/mol. The van der Waals surface area contributed by atoms with Crippen LogP contribution in [0.1, 0.15) is 25.7 Å². The Balaban J connectivity index is 2.67. The minimum absolute atomic E-state index is 0.200. The van der Waals surface area contributed by atoms with Crippen LogP contribution in [0.25, 0.3) is 0 Å². The molecular weight excluding hydrogens is 206 g/mol. The van der Waals surface area contributed by atoms with Gasteiger partial charge in [-0.3, -0.25) is 0 Å². The van der Waals surface area contributed by atoms with Crippen molar-refractivity contribution in [1.29, 1.82) is 0 Å². The van der Waals surface area contributed by atoms with Gasteiger partial charge in [-0.15, -0.1) is 0 Å². The van der Waals surface area contributed by atoms with E-state index in [4.69, 9.17) is 0 Å². The zero-order chi connectivity index (χ0) is 7.83. The quantitative estimate of drug-likeness (QED) is 0.665. The smallest absolute Gasteiger partial charge is 0.329 e. The van der Waals surface area contributed by atoms with Crippen LogP contribution in [0.2, 0.25) is 0 Å². The lowest BCUT2D eigenvalue weighted by molar-refractivity contribution is -0.110. The van der Waals surface area contributed by atoms with Crippen molar-refractivity contribution in [1.82, 2.24) is 0 Å². The number of halogens is 3. The number of hydrogen-bond acceptors (Lipinski definition) is 1. The molecule has 60 valence electrons. The highest BCUT2D eigenvalue weighted by Crippen LogP contribution is 2.45. The maximum Gasteiger partial charge on any atom is 0.329 e. The minimum atomic E-state index is -3.11. The summed E-state index contributed by atoms with van der Waals surface area (Å²) in [6.07, 6.45) is 1.78. The molecule has 1 rings (SSSR count). The Labute approximate surface area is 66.6 Å². The van der Waals surface area contributed by atoms with E-state index < -0.39 is 10.4 Å². The van der Waals surface area contributed by atoms with Crippen molar-refractivity contribution in [3.63, 3.8) is 0 Å². The van der Waals surface area contributed by atoms with Crippen molar-refractivity contribution in [3.8, 4) is 0 Å². The summed E-state index contributed by atoms with van der Waals surface area (Å²) in [4.78, 5) is -3.11. The molecule has 1 fully saturated rings. The number of rotatable bonds is 1. The molecule has 0 radical (unpaired) electrons. The number of hydrogen-bond donors (Lipinski definition) is 1. The van der Waals surface area contributed by atoms with Crippen LogP contribution in [0.4, 0.5) is 8.78 Å². The van der Waals surface area contributed by atoms with Crippen molar-refractivity contribution in [3.05, 3.63) is 0 Å². The van der Waals surface area contributed by atoms with Gasteiger partial charge in [0.2, 0.25) is 0 Å². The van der Waals surface area contributed by atoms with E-state index >= 15 is 0 Å². The molecule has 0 amide bonds. The third kappa shape index (κ3) is 1.32. The zero-order valence-corrected chi connectivity index (χ0v) is 7.00. The van der Waals surface area contributed by atoms with Gasteiger partial charge in [0.1, 0.15) is 5.60 Å². The molecule has 1 N–H and O–H groups in total. The van der Waals surface area contributed by atoms with Gasteiger partial charge in [0, 0.05) is 0 Å². The minimum Gasteiger partial charge on any atom is -0.383 e. The van der Waals surface area contributed by atoms with Crippen LogP contribution in [0.15, 0.2) is 0 Å². The fraction of sp³-hybridized carbons (Fsp3) is 1.00. The maximum atomic E-state index is 12.5. The second-order valence-electron chi connectivity index (χ2n) is 2.74. The fourth-order valence-corrected chi connectivity index (χ4v) is 1.64. The highest BCUT2D eigenvalue weighted by Gasteiger charge is 2.51. The topological polar surface area (TPSA) is 20.2 Å².